The molecule has 2 rings (SSSR count). The van der Waals surface area contributed by atoms with Crippen LogP contribution < -0.4 is 5.32 Å². The summed E-state index contributed by atoms with van der Waals surface area (Å²) in [4.78, 5) is 13.8. The number of rotatable bonds is 5. The first-order valence-corrected chi connectivity index (χ1v) is 7.62. The van der Waals surface area contributed by atoms with Crippen molar-refractivity contribution in [3.8, 4) is 0 Å². The number of piperidine rings is 1. The van der Waals surface area contributed by atoms with Gasteiger partial charge in [0.1, 0.15) is 6.10 Å². The first-order valence-electron chi connectivity index (χ1n) is 7.62. The normalized spacial score (nSPS) is 37.7. The lowest BCUT2D eigenvalue weighted by Gasteiger charge is -2.43. The van der Waals surface area contributed by atoms with E-state index in [0.29, 0.717) is 25.9 Å². The minimum Gasteiger partial charge on any atom is -0.391 e. The third-order valence-electron chi connectivity index (χ3n) is 4.42. The van der Waals surface area contributed by atoms with E-state index in [4.69, 9.17) is 0 Å². The molecule has 2 aliphatic heterocycles. The maximum atomic E-state index is 11.8. The minimum absolute atomic E-state index is 0.0760. The second-order valence-electron chi connectivity index (χ2n) is 5.95. The molecule has 2 fully saturated rings. The van der Waals surface area contributed by atoms with Gasteiger partial charge < -0.3 is 20.6 Å². The van der Waals surface area contributed by atoms with Crippen molar-refractivity contribution in [1.82, 2.24) is 10.2 Å². The van der Waals surface area contributed by atoms with Crippen LogP contribution in [-0.4, -0.2) is 69.6 Å². The summed E-state index contributed by atoms with van der Waals surface area (Å²) in [7, 11) is 0. The van der Waals surface area contributed by atoms with Crippen LogP contribution in [0.25, 0.3) is 0 Å². The highest BCUT2D eigenvalue weighted by Gasteiger charge is 2.48. The van der Waals surface area contributed by atoms with E-state index in [-0.39, 0.29) is 5.91 Å². The number of carbonyl (C=O) groups is 1. The Balaban J connectivity index is 1.88. The molecule has 6 heteroatoms. The number of hydrogen-bond donors (Lipinski definition) is 4. The van der Waals surface area contributed by atoms with E-state index >= 15 is 0 Å². The van der Waals surface area contributed by atoms with Gasteiger partial charge >= 0.3 is 0 Å². The van der Waals surface area contributed by atoms with Crippen molar-refractivity contribution in [2.24, 2.45) is 0 Å². The van der Waals surface area contributed by atoms with Gasteiger partial charge in [0, 0.05) is 19.5 Å². The number of carbonyl (C=O) groups excluding carboxylic acids is 1. The van der Waals surface area contributed by atoms with Gasteiger partial charge in [-0.25, -0.2) is 0 Å². The maximum absolute atomic E-state index is 11.8. The summed E-state index contributed by atoms with van der Waals surface area (Å²) in [5.74, 6) is -0.0760. The fraction of sp³-hybridized carbons (Fsp3) is 0.929. The zero-order valence-electron chi connectivity index (χ0n) is 12.0. The maximum Gasteiger partial charge on any atom is 0.220 e. The molecular weight excluding hydrogens is 260 g/mol. The molecule has 0 aromatic rings. The summed E-state index contributed by atoms with van der Waals surface area (Å²) in [6.07, 6.45) is 1.36. The number of hydrogen-bond acceptors (Lipinski definition) is 5. The third kappa shape index (κ3) is 3.31. The number of fused-ring (bicyclic) bond motifs is 1. The van der Waals surface area contributed by atoms with Crippen LogP contribution in [0.1, 0.15) is 39.0 Å². The van der Waals surface area contributed by atoms with Gasteiger partial charge in [-0.3, -0.25) is 9.69 Å². The second-order valence-corrected chi connectivity index (χ2v) is 5.95. The van der Waals surface area contributed by atoms with Gasteiger partial charge in [-0.2, -0.15) is 0 Å². The molecule has 4 N–H and O–H groups in total. The number of aliphatic hydroxyl groups is 3. The number of aliphatic hydroxyl groups excluding tert-OH is 3. The highest BCUT2D eigenvalue weighted by molar-refractivity contribution is 5.76. The van der Waals surface area contributed by atoms with Gasteiger partial charge in [0.05, 0.1) is 24.3 Å². The Labute approximate surface area is 119 Å². The SMILES string of the molecule is CCCCCC(=O)N[C@H]1CN2CC[C@H](O)[C@@H]2[C@@H](O)[C@@H]1O. The lowest BCUT2D eigenvalue weighted by molar-refractivity contribution is -0.129. The number of amides is 1. The molecule has 2 heterocycles. The average Bonchev–Trinajstić information content (AvgIpc) is 2.77. The largest absolute Gasteiger partial charge is 0.391 e. The van der Waals surface area contributed by atoms with E-state index in [1.54, 1.807) is 0 Å². The quantitative estimate of drug-likeness (QED) is 0.498. The molecular formula is C14H26N2O4. The zero-order chi connectivity index (χ0) is 14.7. The molecule has 0 unspecified atom stereocenters. The molecule has 0 aromatic carbocycles. The molecule has 2 saturated heterocycles. The van der Waals surface area contributed by atoms with E-state index in [1.165, 1.54) is 0 Å². The monoisotopic (exact) mass is 286 g/mol. The van der Waals surface area contributed by atoms with Crippen molar-refractivity contribution in [2.45, 2.75) is 69.4 Å². The van der Waals surface area contributed by atoms with Crippen molar-refractivity contribution < 1.29 is 20.1 Å². The van der Waals surface area contributed by atoms with E-state index < -0.39 is 30.4 Å². The van der Waals surface area contributed by atoms with Gasteiger partial charge in [0.2, 0.25) is 5.91 Å². The lowest BCUT2D eigenvalue weighted by atomic mass is 9.91. The number of unbranched alkanes of at least 4 members (excludes halogenated alkanes) is 2. The molecule has 0 aliphatic carbocycles. The van der Waals surface area contributed by atoms with Crippen molar-refractivity contribution in [1.29, 1.82) is 0 Å². The summed E-state index contributed by atoms with van der Waals surface area (Å²) in [5, 5.41) is 32.9. The fourth-order valence-electron chi connectivity index (χ4n) is 3.26. The Kier molecular flexibility index (Phi) is 5.37. The van der Waals surface area contributed by atoms with Gasteiger partial charge in [0.15, 0.2) is 0 Å². The Morgan fingerprint density at radius 3 is 2.70 bits per heavy atom. The first kappa shape index (κ1) is 15.7. The molecule has 1 amide bonds. The third-order valence-corrected chi connectivity index (χ3v) is 4.42. The Bertz CT molecular complexity index is 339. The first-order chi connectivity index (χ1) is 9.54. The Morgan fingerprint density at radius 1 is 1.25 bits per heavy atom. The number of nitrogens with one attached hydrogen (secondary N) is 1. The van der Waals surface area contributed by atoms with Crippen LogP contribution in [0.5, 0.6) is 0 Å². The lowest BCUT2D eigenvalue weighted by Crippen LogP contribution is -2.65. The summed E-state index contributed by atoms with van der Waals surface area (Å²) in [6, 6.07) is -0.862. The molecule has 0 spiro atoms. The summed E-state index contributed by atoms with van der Waals surface area (Å²) < 4.78 is 0. The average molecular weight is 286 g/mol. The highest BCUT2D eigenvalue weighted by Crippen LogP contribution is 2.28. The van der Waals surface area contributed by atoms with Crippen LogP contribution in [0.3, 0.4) is 0 Å². The standard InChI is InChI=1S/C14H26N2O4/c1-2-3-4-5-11(18)15-9-8-16-7-6-10(17)12(16)14(20)13(9)19/h9-10,12-14,17,19-20H,2-8H2,1H3,(H,15,18)/t9-,10-,12+,13+,14+/m0/s1. The summed E-state index contributed by atoms with van der Waals surface area (Å²) >= 11 is 0. The van der Waals surface area contributed by atoms with Crippen molar-refractivity contribution in [2.75, 3.05) is 13.1 Å². The minimum atomic E-state index is -1.01. The van der Waals surface area contributed by atoms with Gasteiger partial charge in [-0.1, -0.05) is 19.8 Å². The van der Waals surface area contributed by atoms with Crippen LogP contribution in [0, 0.1) is 0 Å². The molecule has 0 radical (unpaired) electrons. The molecule has 0 aromatic heterocycles. The predicted molar refractivity (Wildman–Crippen MR) is 74.1 cm³/mol. The molecule has 0 bridgehead atoms. The summed E-state index contributed by atoms with van der Waals surface area (Å²) in [6.45, 7) is 3.26. The zero-order valence-corrected chi connectivity index (χ0v) is 12.0. The fourth-order valence-corrected chi connectivity index (χ4v) is 3.26. The second kappa shape index (κ2) is 6.85. The van der Waals surface area contributed by atoms with Crippen LogP contribution in [0.4, 0.5) is 0 Å². The van der Waals surface area contributed by atoms with Crippen LogP contribution >= 0.6 is 0 Å². The predicted octanol–water partition coefficient (Wildman–Crippen LogP) is -0.778. The van der Waals surface area contributed by atoms with E-state index in [2.05, 4.69) is 12.2 Å². The van der Waals surface area contributed by atoms with E-state index in [9.17, 15) is 20.1 Å². The molecule has 2 aliphatic rings. The Hall–Kier alpha value is -0.690. The summed E-state index contributed by atoms with van der Waals surface area (Å²) in [5.41, 5.74) is 0. The van der Waals surface area contributed by atoms with Crippen molar-refractivity contribution in [3.05, 3.63) is 0 Å². The molecule has 0 saturated carbocycles. The molecule has 6 nitrogen and oxygen atoms in total. The van der Waals surface area contributed by atoms with E-state index in [0.717, 1.165) is 19.3 Å². The smallest absolute Gasteiger partial charge is 0.220 e. The number of nitrogens with zero attached hydrogens (tertiary/aromatic N) is 1. The van der Waals surface area contributed by atoms with Gasteiger partial charge in [0.25, 0.3) is 0 Å². The van der Waals surface area contributed by atoms with Gasteiger partial charge in [-0.15, -0.1) is 0 Å². The van der Waals surface area contributed by atoms with Gasteiger partial charge in [-0.05, 0) is 12.8 Å². The molecule has 20 heavy (non-hydrogen) atoms. The van der Waals surface area contributed by atoms with Crippen LogP contribution in [-0.2, 0) is 4.79 Å². The van der Waals surface area contributed by atoms with Crippen molar-refractivity contribution in [3.63, 3.8) is 0 Å². The van der Waals surface area contributed by atoms with Crippen LogP contribution in [0.2, 0.25) is 0 Å². The highest BCUT2D eigenvalue weighted by atomic mass is 16.3. The van der Waals surface area contributed by atoms with E-state index in [1.807, 2.05) is 4.90 Å². The van der Waals surface area contributed by atoms with Crippen LogP contribution in [0.15, 0.2) is 0 Å². The molecule has 116 valence electrons. The molecule has 5 atom stereocenters. The van der Waals surface area contributed by atoms with Crippen molar-refractivity contribution >= 4 is 5.91 Å². The topological polar surface area (TPSA) is 93.0 Å². The Morgan fingerprint density at radius 2 is 2.00 bits per heavy atom.